The lowest BCUT2D eigenvalue weighted by atomic mass is 10.0. The molecule has 8 heteroatoms. The molecule has 0 aliphatic carbocycles. The fourth-order valence-corrected chi connectivity index (χ4v) is 5.26. The van der Waals surface area contributed by atoms with Crippen LogP contribution in [-0.2, 0) is 14.8 Å². The number of hydrogen-bond acceptors (Lipinski definition) is 6. The van der Waals surface area contributed by atoms with Crippen molar-refractivity contribution in [1.29, 1.82) is 0 Å². The lowest BCUT2D eigenvalue weighted by Gasteiger charge is -2.31. The first-order valence-corrected chi connectivity index (χ1v) is 10.9. The molecule has 28 heavy (non-hydrogen) atoms. The van der Waals surface area contributed by atoms with Crippen molar-refractivity contribution in [3.05, 3.63) is 83.5 Å². The molecule has 0 amide bonds. The summed E-state index contributed by atoms with van der Waals surface area (Å²) in [6.45, 7) is 1.72. The van der Waals surface area contributed by atoms with Crippen molar-refractivity contribution in [1.82, 2.24) is 9.29 Å². The SMILES string of the molecule is CC(C(OC(=O)c1ccncc1)c1ccccc1)N(C)S(=O)(=O)c1cccs1. The van der Waals surface area contributed by atoms with Gasteiger partial charge in [0.1, 0.15) is 10.3 Å². The zero-order valence-electron chi connectivity index (χ0n) is 15.4. The van der Waals surface area contributed by atoms with Crippen LogP contribution in [0.1, 0.15) is 28.9 Å². The summed E-state index contributed by atoms with van der Waals surface area (Å²) in [5.74, 6) is -0.537. The molecule has 3 rings (SSSR count). The molecule has 0 aliphatic heterocycles. The number of sulfonamides is 1. The summed E-state index contributed by atoms with van der Waals surface area (Å²) in [4.78, 5) is 16.5. The molecule has 0 radical (unpaired) electrons. The van der Waals surface area contributed by atoms with E-state index in [1.54, 1.807) is 36.6 Å². The van der Waals surface area contributed by atoms with Crippen LogP contribution in [0.25, 0.3) is 0 Å². The maximum absolute atomic E-state index is 12.9. The third-order valence-electron chi connectivity index (χ3n) is 4.42. The highest BCUT2D eigenvalue weighted by atomic mass is 32.2. The number of ether oxygens (including phenoxy) is 1. The Labute approximate surface area is 168 Å². The maximum Gasteiger partial charge on any atom is 0.338 e. The van der Waals surface area contributed by atoms with Crippen LogP contribution in [0.3, 0.4) is 0 Å². The molecule has 0 aliphatic rings. The van der Waals surface area contributed by atoms with Gasteiger partial charge in [-0.2, -0.15) is 4.31 Å². The molecule has 1 aromatic carbocycles. The zero-order valence-corrected chi connectivity index (χ0v) is 17.1. The van der Waals surface area contributed by atoms with Gasteiger partial charge in [0.2, 0.25) is 0 Å². The Morgan fingerprint density at radius 1 is 1.07 bits per heavy atom. The van der Waals surface area contributed by atoms with Gasteiger partial charge in [-0.1, -0.05) is 36.4 Å². The number of hydrogen-bond donors (Lipinski definition) is 0. The van der Waals surface area contributed by atoms with E-state index < -0.39 is 28.1 Å². The summed E-state index contributed by atoms with van der Waals surface area (Å²) in [7, 11) is -2.20. The van der Waals surface area contributed by atoms with Gasteiger partial charge in [0.05, 0.1) is 11.6 Å². The Morgan fingerprint density at radius 3 is 2.36 bits per heavy atom. The molecular formula is C20H20N2O4S2. The summed E-state index contributed by atoms with van der Waals surface area (Å²) in [6, 6.07) is 14.9. The van der Waals surface area contributed by atoms with Crippen LogP contribution in [0.5, 0.6) is 0 Å². The van der Waals surface area contributed by atoms with Crippen molar-refractivity contribution in [3.8, 4) is 0 Å². The number of likely N-dealkylation sites (N-methyl/N-ethyl adjacent to an activating group) is 1. The van der Waals surface area contributed by atoms with E-state index in [0.29, 0.717) is 11.1 Å². The fraction of sp³-hybridized carbons (Fsp3) is 0.200. The molecular weight excluding hydrogens is 396 g/mol. The Kier molecular flexibility index (Phi) is 6.23. The highest BCUT2D eigenvalue weighted by Crippen LogP contribution is 2.30. The van der Waals surface area contributed by atoms with Crippen molar-refractivity contribution < 1.29 is 17.9 Å². The van der Waals surface area contributed by atoms with Gasteiger partial charge in [-0.05, 0) is 36.1 Å². The normalized spacial score (nSPS) is 13.8. The summed E-state index contributed by atoms with van der Waals surface area (Å²) in [5, 5.41) is 1.71. The maximum atomic E-state index is 12.9. The summed E-state index contributed by atoms with van der Waals surface area (Å²) < 4.78 is 33.1. The number of rotatable bonds is 7. The molecule has 3 aromatic rings. The van der Waals surface area contributed by atoms with E-state index in [1.807, 2.05) is 30.3 Å². The smallest absolute Gasteiger partial charge is 0.338 e. The second kappa shape index (κ2) is 8.64. The third-order valence-corrected chi connectivity index (χ3v) is 7.74. The van der Waals surface area contributed by atoms with E-state index in [2.05, 4.69) is 4.98 Å². The van der Waals surface area contributed by atoms with E-state index in [0.717, 1.165) is 11.3 Å². The van der Waals surface area contributed by atoms with Crippen LogP contribution in [0.4, 0.5) is 0 Å². The fourth-order valence-electron chi connectivity index (χ4n) is 2.72. The van der Waals surface area contributed by atoms with Crippen LogP contribution < -0.4 is 0 Å². The van der Waals surface area contributed by atoms with Gasteiger partial charge < -0.3 is 4.74 Å². The number of aromatic nitrogens is 1. The number of benzene rings is 1. The van der Waals surface area contributed by atoms with Gasteiger partial charge in [0, 0.05) is 19.4 Å². The molecule has 0 bridgehead atoms. The molecule has 0 N–H and O–H groups in total. The minimum atomic E-state index is -3.70. The zero-order chi connectivity index (χ0) is 20.1. The molecule has 2 atom stereocenters. The van der Waals surface area contributed by atoms with Crippen molar-refractivity contribution >= 4 is 27.3 Å². The predicted molar refractivity (Wildman–Crippen MR) is 108 cm³/mol. The van der Waals surface area contributed by atoms with Gasteiger partial charge in [-0.25, -0.2) is 13.2 Å². The van der Waals surface area contributed by atoms with Crippen LogP contribution in [0.15, 0.2) is 76.6 Å². The van der Waals surface area contributed by atoms with Crippen molar-refractivity contribution in [2.75, 3.05) is 7.05 Å². The summed E-state index contributed by atoms with van der Waals surface area (Å²) >= 11 is 1.15. The molecule has 0 saturated carbocycles. The minimum Gasteiger partial charge on any atom is -0.452 e. The summed E-state index contributed by atoms with van der Waals surface area (Å²) in [6.07, 6.45) is 2.23. The molecule has 2 unspecified atom stereocenters. The second-order valence-corrected chi connectivity index (χ2v) is 9.34. The average Bonchev–Trinajstić information content (AvgIpc) is 3.28. The van der Waals surface area contributed by atoms with Gasteiger partial charge in [-0.3, -0.25) is 4.98 Å². The topological polar surface area (TPSA) is 76.6 Å². The number of esters is 1. The van der Waals surface area contributed by atoms with E-state index in [1.165, 1.54) is 23.7 Å². The van der Waals surface area contributed by atoms with Gasteiger partial charge in [0.25, 0.3) is 10.0 Å². The Bertz CT molecular complexity index is 1010. The van der Waals surface area contributed by atoms with E-state index in [4.69, 9.17) is 4.74 Å². The Balaban J connectivity index is 1.91. The van der Waals surface area contributed by atoms with Crippen LogP contribution in [0.2, 0.25) is 0 Å². The van der Waals surface area contributed by atoms with Crippen molar-refractivity contribution in [3.63, 3.8) is 0 Å². The van der Waals surface area contributed by atoms with E-state index in [-0.39, 0.29) is 4.21 Å². The van der Waals surface area contributed by atoms with Crippen LogP contribution in [-0.4, -0.2) is 36.8 Å². The van der Waals surface area contributed by atoms with Crippen molar-refractivity contribution in [2.45, 2.75) is 23.3 Å². The van der Waals surface area contributed by atoms with Crippen LogP contribution in [0, 0.1) is 0 Å². The molecule has 146 valence electrons. The molecule has 0 saturated heterocycles. The van der Waals surface area contributed by atoms with Gasteiger partial charge in [-0.15, -0.1) is 11.3 Å². The Hall–Kier alpha value is -2.55. The van der Waals surface area contributed by atoms with Crippen LogP contribution >= 0.6 is 11.3 Å². The lowest BCUT2D eigenvalue weighted by Crippen LogP contribution is -2.40. The first kappa shape index (κ1) is 20.2. The highest BCUT2D eigenvalue weighted by molar-refractivity contribution is 7.91. The highest BCUT2D eigenvalue weighted by Gasteiger charge is 2.34. The lowest BCUT2D eigenvalue weighted by molar-refractivity contribution is 0.0146. The molecule has 6 nitrogen and oxygen atoms in total. The largest absolute Gasteiger partial charge is 0.452 e. The molecule has 0 fully saturated rings. The van der Waals surface area contributed by atoms with Gasteiger partial charge >= 0.3 is 5.97 Å². The number of pyridine rings is 1. The number of carbonyl (C=O) groups excluding carboxylic acids is 1. The van der Waals surface area contributed by atoms with E-state index >= 15 is 0 Å². The van der Waals surface area contributed by atoms with Gasteiger partial charge in [0.15, 0.2) is 0 Å². The molecule has 2 aromatic heterocycles. The van der Waals surface area contributed by atoms with E-state index in [9.17, 15) is 13.2 Å². The third kappa shape index (κ3) is 4.30. The monoisotopic (exact) mass is 416 g/mol. The standard InChI is InChI=1S/C20H20N2O4S2/c1-15(22(2)28(24,25)18-9-6-14-27-18)19(16-7-4-3-5-8-16)26-20(23)17-10-12-21-13-11-17/h3-15,19H,1-2H3. The first-order valence-electron chi connectivity index (χ1n) is 8.59. The summed E-state index contributed by atoms with van der Waals surface area (Å²) in [5.41, 5.74) is 1.07. The quantitative estimate of drug-likeness (QED) is 0.548. The molecule has 2 heterocycles. The number of nitrogens with zero attached hydrogens (tertiary/aromatic N) is 2. The first-order chi connectivity index (χ1) is 13.4. The molecule has 0 spiro atoms. The van der Waals surface area contributed by atoms with Crippen molar-refractivity contribution in [2.24, 2.45) is 0 Å². The Morgan fingerprint density at radius 2 is 1.75 bits per heavy atom. The minimum absolute atomic E-state index is 0.245. The number of carbonyl (C=O) groups is 1. The predicted octanol–water partition coefficient (Wildman–Crippen LogP) is 3.75. The second-order valence-electron chi connectivity index (χ2n) is 6.17. The average molecular weight is 417 g/mol. The number of thiophene rings is 1.